The lowest BCUT2D eigenvalue weighted by Crippen LogP contribution is -2.12. The second kappa shape index (κ2) is 4.81. The normalized spacial score (nSPS) is 24.4. The van der Waals surface area contributed by atoms with E-state index in [0.717, 1.165) is 30.4 Å². The van der Waals surface area contributed by atoms with Gasteiger partial charge in [0.05, 0.1) is 13.2 Å². The predicted molar refractivity (Wildman–Crippen MR) is 70.9 cm³/mol. The summed E-state index contributed by atoms with van der Waals surface area (Å²) in [7, 11) is 0. The minimum Gasteiger partial charge on any atom is -0.489 e. The van der Waals surface area contributed by atoms with Gasteiger partial charge < -0.3 is 15.2 Å². The Bertz CT molecular complexity index is 429. The summed E-state index contributed by atoms with van der Waals surface area (Å²) in [6.45, 7) is 3.57. The highest BCUT2D eigenvalue weighted by Gasteiger charge is 2.25. The van der Waals surface area contributed by atoms with Gasteiger partial charge >= 0.3 is 0 Å². The van der Waals surface area contributed by atoms with E-state index in [1.54, 1.807) is 0 Å². The molecule has 0 bridgehead atoms. The zero-order valence-corrected chi connectivity index (χ0v) is 10.9. The maximum Gasteiger partial charge on any atom is 0.161 e. The first kappa shape index (κ1) is 11.8. The van der Waals surface area contributed by atoms with Gasteiger partial charge in [-0.3, -0.25) is 0 Å². The third-order valence-electron chi connectivity index (χ3n) is 3.73. The van der Waals surface area contributed by atoms with Gasteiger partial charge in [-0.2, -0.15) is 0 Å². The predicted octanol–water partition coefficient (Wildman–Crippen LogP) is 2.89. The van der Waals surface area contributed by atoms with E-state index < -0.39 is 0 Å². The molecule has 2 aliphatic rings. The van der Waals surface area contributed by atoms with Crippen molar-refractivity contribution < 1.29 is 9.47 Å². The number of hydrogen-bond donors (Lipinski definition) is 1. The van der Waals surface area contributed by atoms with E-state index in [4.69, 9.17) is 15.2 Å². The van der Waals surface area contributed by atoms with Crippen molar-refractivity contribution in [1.82, 2.24) is 0 Å². The summed E-state index contributed by atoms with van der Waals surface area (Å²) in [5.74, 6) is 2.97. The molecule has 0 radical (unpaired) electrons. The smallest absolute Gasteiger partial charge is 0.161 e. The van der Waals surface area contributed by atoms with Crippen molar-refractivity contribution in [2.75, 3.05) is 13.2 Å². The minimum atomic E-state index is 0.132. The third kappa shape index (κ3) is 2.61. The second-order valence-corrected chi connectivity index (χ2v) is 5.72. The highest BCUT2D eigenvalue weighted by Crippen LogP contribution is 2.39. The van der Waals surface area contributed by atoms with Crippen molar-refractivity contribution >= 4 is 0 Å². The SMILES string of the molecule is CC1COc2ccc(C(N)CC3CC3)cc2OC1. The molecule has 0 aromatic heterocycles. The van der Waals surface area contributed by atoms with Crippen LogP contribution >= 0.6 is 0 Å². The average molecular weight is 247 g/mol. The van der Waals surface area contributed by atoms with Gasteiger partial charge in [0.2, 0.25) is 0 Å². The summed E-state index contributed by atoms with van der Waals surface area (Å²) in [6.07, 6.45) is 3.78. The molecule has 1 aromatic carbocycles. The zero-order chi connectivity index (χ0) is 12.5. The fraction of sp³-hybridized carbons (Fsp3) is 0.600. The Balaban J connectivity index is 1.76. The van der Waals surface area contributed by atoms with E-state index >= 15 is 0 Å². The van der Waals surface area contributed by atoms with E-state index in [-0.39, 0.29) is 6.04 Å². The summed E-state index contributed by atoms with van der Waals surface area (Å²) in [5.41, 5.74) is 7.40. The molecule has 0 spiro atoms. The number of fused-ring (bicyclic) bond motifs is 1. The highest BCUT2D eigenvalue weighted by molar-refractivity contribution is 5.44. The van der Waals surface area contributed by atoms with Crippen molar-refractivity contribution in [2.45, 2.75) is 32.2 Å². The lowest BCUT2D eigenvalue weighted by molar-refractivity contribution is 0.228. The van der Waals surface area contributed by atoms with Crippen LogP contribution in [0.5, 0.6) is 11.5 Å². The van der Waals surface area contributed by atoms with Crippen LogP contribution in [-0.4, -0.2) is 13.2 Å². The minimum absolute atomic E-state index is 0.132. The van der Waals surface area contributed by atoms with Crippen LogP contribution < -0.4 is 15.2 Å². The van der Waals surface area contributed by atoms with Crippen LogP contribution in [0.2, 0.25) is 0 Å². The molecule has 1 aliphatic carbocycles. The molecule has 1 fully saturated rings. The summed E-state index contributed by atoms with van der Waals surface area (Å²) < 4.78 is 11.5. The molecule has 98 valence electrons. The Kier molecular flexibility index (Phi) is 3.16. The van der Waals surface area contributed by atoms with E-state index in [2.05, 4.69) is 19.1 Å². The molecule has 3 rings (SSSR count). The van der Waals surface area contributed by atoms with Crippen LogP contribution in [-0.2, 0) is 0 Å². The van der Waals surface area contributed by atoms with Gasteiger partial charge in [-0.05, 0) is 30.0 Å². The van der Waals surface area contributed by atoms with E-state index in [9.17, 15) is 0 Å². The van der Waals surface area contributed by atoms with Gasteiger partial charge in [-0.25, -0.2) is 0 Å². The first-order chi connectivity index (χ1) is 8.72. The standard InChI is InChI=1S/C15H21NO2/c1-10-8-17-14-5-4-12(7-15(14)18-9-10)13(16)6-11-2-3-11/h4-5,7,10-11,13H,2-3,6,8-9,16H2,1H3. The summed E-state index contributed by atoms with van der Waals surface area (Å²) in [5, 5.41) is 0. The van der Waals surface area contributed by atoms with Gasteiger partial charge in [-0.15, -0.1) is 0 Å². The van der Waals surface area contributed by atoms with Crippen molar-refractivity contribution in [3.8, 4) is 11.5 Å². The molecule has 2 unspecified atom stereocenters. The Labute approximate surface area is 108 Å². The summed E-state index contributed by atoms with van der Waals surface area (Å²) in [4.78, 5) is 0. The molecule has 0 saturated heterocycles. The molecule has 0 amide bonds. The van der Waals surface area contributed by atoms with E-state index in [1.165, 1.54) is 18.4 Å². The van der Waals surface area contributed by atoms with Crippen molar-refractivity contribution in [3.63, 3.8) is 0 Å². The first-order valence-electron chi connectivity index (χ1n) is 6.87. The quantitative estimate of drug-likeness (QED) is 0.893. The average Bonchev–Trinajstić information content (AvgIpc) is 3.18. The van der Waals surface area contributed by atoms with Gasteiger partial charge in [0.1, 0.15) is 0 Å². The molecule has 1 aromatic rings. The maximum atomic E-state index is 6.24. The number of benzene rings is 1. The highest BCUT2D eigenvalue weighted by atomic mass is 16.5. The van der Waals surface area contributed by atoms with Crippen LogP contribution in [0, 0.1) is 11.8 Å². The van der Waals surface area contributed by atoms with Crippen LogP contribution in [0.1, 0.15) is 37.8 Å². The van der Waals surface area contributed by atoms with Gasteiger partial charge in [0.25, 0.3) is 0 Å². The number of ether oxygens (including phenoxy) is 2. The van der Waals surface area contributed by atoms with Crippen LogP contribution in [0.15, 0.2) is 18.2 Å². The molecular weight excluding hydrogens is 226 g/mol. The first-order valence-corrected chi connectivity index (χ1v) is 6.87. The second-order valence-electron chi connectivity index (χ2n) is 5.72. The summed E-state index contributed by atoms with van der Waals surface area (Å²) in [6, 6.07) is 6.26. The topological polar surface area (TPSA) is 44.5 Å². The monoisotopic (exact) mass is 247 g/mol. The summed E-state index contributed by atoms with van der Waals surface area (Å²) >= 11 is 0. The number of nitrogens with two attached hydrogens (primary N) is 1. The van der Waals surface area contributed by atoms with Crippen molar-refractivity contribution in [3.05, 3.63) is 23.8 Å². The number of rotatable bonds is 3. The van der Waals surface area contributed by atoms with E-state index in [0.29, 0.717) is 12.5 Å². The lowest BCUT2D eigenvalue weighted by Gasteiger charge is -2.14. The van der Waals surface area contributed by atoms with Gasteiger partial charge in [0, 0.05) is 12.0 Å². The molecular formula is C15H21NO2. The van der Waals surface area contributed by atoms with Crippen molar-refractivity contribution in [1.29, 1.82) is 0 Å². The molecule has 3 heteroatoms. The Hall–Kier alpha value is -1.22. The lowest BCUT2D eigenvalue weighted by atomic mass is 10.0. The van der Waals surface area contributed by atoms with E-state index in [1.807, 2.05) is 6.07 Å². The Morgan fingerprint density at radius 2 is 1.94 bits per heavy atom. The molecule has 2 N–H and O–H groups in total. The van der Waals surface area contributed by atoms with Crippen LogP contribution in [0.25, 0.3) is 0 Å². The van der Waals surface area contributed by atoms with Gasteiger partial charge in [0.15, 0.2) is 11.5 Å². The largest absolute Gasteiger partial charge is 0.489 e. The molecule has 3 nitrogen and oxygen atoms in total. The molecule has 1 aliphatic heterocycles. The number of hydrogen-bond acceptors (Lipinski definition) is 3. The third-order valence-corrected chi connectivity index (χ3v) is 3.73. The fourth-order valence-corrected chi connectivity index (χ4v) is 2.35. The fourth-order valence-electron chi connectivity index (χ4n) is 2.35. The Morgan fingerprint density at radius 3 is 2.67 bits per heavy atom. The van der Waals surface area contributed by atoms with Crippen LogP contribution in [0.3, 0.4) is 0 Å². The maximum absolute atomic E-state index is 6.24. The molecule has 18 heavy (non-hydrogen) atoms. The van der Waals surface area contributed by atoms with Crippen molar-refractivity contribution in [2.24, 2.45) is 17.6 Å². The Morgan fingerprint density at radius 1 is 1.22 bits per heavy atom. The molecule has 1 saturated carbocycles. The zero-order valence-electron chi connectivity index (χ0n) is 10.9. The molecule has 2 atom stereocenters. The van der Waals surface area contributed by atoms with Crippen LogP contribution in [0.4, 0.5) is 0 Å². The molecule has 1 heterocycles. The van der Waals surface area contributed by atoms with Gasteiger partial charge in [-0.1, -0.05) is 25.8 Å².